The molecule has 0 aliphatic carbocycles. The maximum Gasteiger partial charge on any atom is 0.0946 e. The van der Waals surface area contributed by atoms with E-state index in [1.807, 2.05) is 17.8 Å². The van der Waals surface area contributed by atoms with Gasteiger partial charge in [-0.3, -0.25) is 5.84 Å². The lowest BCUT2D eigenvalue weighted by Gasteiger charge is -2.17. The number of aromatic nitrogens is 2. The molecule has 18 heavy (non-hydrogen) atoms. The predicted octanol–water partition coefficient (Wildman–Crippen LogP) is 2.10. The molecule has 1 aromatic carbocycles. The smallest absolute Gasteiger partial charge is 0.0946 e. The van der Waals surface area contributed by atoms with Gasteiger partial charge in [-0.15, -0.1) is 0 Å². The quantitative estimate of drug-likeness (QED) is 0.639. The lowest BCUT2D eigenvalue weighted by atomic mass is 9.98. The normalized spacial score (nSPS) is 12.9. The van der Waals surface area contributed by atoms with E-state index in [9.17, 15) is 0 Å². The molecule has 0 bridgehead atoms. The molecule has 0 aliphatic rings. The molecule has 0 saturated carbocycles. The van der Waals surface area contributed by atoms with Gasteiger partial charge in [0, 0.05) is 7.05 Å². The Bertz CT molecular complexity index is 499. The van der Waals surface area contributed by atoms with Crippen LogP contribution in [-0.2, 0) is 7.05 Å². The van der Waals surface area contributed by atoms with Gasteiger partial charge < -0.3 is 4.57 Å². The molecule has 1 heterocycles. The van der Waals surface area contributed by atoms with E-state index in [4.69, 9.17) is 5.84 Å². The third-order valence-corrected chi connectivity index (χ3v) is 3.25. The third kappa shape index (κ3) is 2.44. The third-order valence-electron chi connectivity index (χ3n) is 3.25. The van der Waals surface area contributed by atoms with Crippen molar-refractivity contribution in [3.8, 4) is 0 Å². The van der Waals surface area contributed by atoms with Crippen molar-refractivity contribution in [1.29, 1.82) is 0 Å². The van der Waals surface area contributed by atoms with Crippen molar-refractivity contribution in [2.24, 2.45) is 12.9 Å². The van der Waals surface area contributed by atoms with E-state index >= 15 is 0 Å². The molecule has 0 aliphatic heterocycles. The first-order valence-corrected chi connectivity index (χ1v) is 6.15. The van der Waals surface area contributed by atoms with Gasteiger partial charge >= 0.3 is 0 Å². The number of benzene rings is 1. The minimum absolute atomic E-state index is 0.0290. The van der Waals surface area contributed by atoms with Crippen LogP contribution in [0.1, 0.15) is 42.6 Å². The maximum atomic E-state index is 5.67. The summed E-state index contributed by atoms with van der Waals surface area (Å²) in [5.74, 6) is 6.21. The van der Waals surface area contributed by atoms with E-state index in [1.54, 1.807) is 6.33 Å². The fourth-order valence-corrected chi connectivity index (χ4v) is 2.07. The van der Waals surface area contributed by atoms with Crippen molar-refractivity contribution in [3.63, 3.8) is 0 Å². The first kappa shape index (κ1) is 12.8. The summed E-state index contributed by atoms with van der Waals surface area (Å²) in [5.41, 5.74) is 6.38. The highest BCUT2D eigenvalue weighted by atomic mass is 15.2. The fraction of sp³-hybridized carbons (Fsp3) is 0.357. The number of hydrogen-bond acceptors (Lipinski definition) is 3. The second-order valence-electron chi connectivity index (χ2n) is 4.85. The Kier molecular flexibility index (Phi) is 3.79. The summed E-state index contributed by atoms with van der Waals surface area (Å²) < 4.78 is 1.97. The van der Waals surface area contributed by atoms with Gasteiger partial charge in [0.15, 0.2) is 0 Å². The van der Waals surface area contributed by atoms with Crippen LogP contribution in [0.25, 0.3) is 0 Å². The van der Waals surface area contributed by atoms with E-state index in [2.05, 4.69) is 48.5 Å². The molecule has 0 radical (unpaired) electrons. The number of rotatable bonds is 4. The highest BCUT2D eigenvalue weighted by molar-refractivity contribution is 5.31. The Hall–Kier alpha value is -1.65. The molecule has 1 aromatic heterocycles. The Balaban J connectivity index is 2.31. The Morgan fingerprint density at radius 2 is 1.78 bits per heavy atom. The van der Waals surface area contributed by atoms with Crippen LogP contribution in [-0.4, -0.2) is 9.55 Å². The largest absolute Gasteiger partial charge is 0.336 e. The number of nitrogens with two attached hydrogens (primary N) is 1. The summed E-state index contributed by atoms with van der Waals surface area (Å²) in [6, 6.07) is 8.51. The summed E-state index contributed by atoms with van der Waals surface area (Å²) in [6.07, 6.45) is 3.61. The van der Waals surface area contributed by atoms with Crippen LogP contribution in [0.2, 0.25) is 0 Å². The van der Waals surface area contributed by atoms with Crippen molar-refractivity contribution in [3.05, 3.63) is 53.6 Å². The average Bonchev–Trinajstić information content (AvgIpc) is 2.78. The summed E-state index contributed by atoms with van der Waals surface area (Å²) >= 11 is 0. The lowest BCUT2D eigenvalue weighted by Crippen LogP contribution is -2.30. The number of nitrogens with zero attached hydrogens (tertiary/aromatic N) is 2. The number of imidazole rings is 1. The highest BCUT2D eigenvalue weighted by Crippen LogP contribution is 2.23. The van der Waals surface area contributed by atoms with Crippen LogP contribution in [0.4, 0.5) is 0 Å². The van der Waals surface area contributed by atoms with Gasteiger partial charge in [0.2, 0.25) is 0 Å². The predicted molar refractivity (Wildman–Crippen MR) is 72.9 cm³/mol. The van der Waals surface area contributed by atoms with Crippen molar-refractivity contribution in [1.82, 2.24) is 15.0 Å². The van der Waals surface area contributed by atoms with Crippen LogP contribution in [0.3, 0.4) is 0 Å². The molecule has 1 unspecified atom stereocenters. The minimum atomic E-state index is -0.0290. The zero-order valence-corrected chi connectivity index (χ0v) is 11.1. The second kappa shape index (κ2) is 5.33. The number of hydrazine groups is 1. The molecule has 4 heteroatoms. The van der Waals surface area contributed by atoms with E-state index in [-0.39, 0.29) is 6.04 Å². The SMILES string of the molecule is CC(C)c1ccc(C(NN)c2cncn2C)cc1. The first-order chi connectivity index (χ1) is 8.63. The van der Waals surface area contributed by atoms with Gasteiger partial charge in [0.05, 0.1) is 24.3 Å². The number of hydrogen-bond donors (Lipinski definition) is 2. The topological polar surface area (TPSA) is 55.9 Å². The Morgan fingerprint density at radius 3 is 2.22 bits per heavy atom. The molecule has 2 aromatic rings. The highest BCUT2D eigenvalue weighted by Gasteiger charge is 2.15. The maximum absolute atomic E-state index is 5.67. The van der Waals surface area contributed by atoms with Gasteiger partial charge in [-0.2, -0.15) is 0 Å². The summed E-state index contributed by atoms with van der Waals surface area (Å²) in [7, 11) is 1.97. The zero-order valence-electron chi connectivity index (χ0n) is 11.1. The molecule has 0 fully saturated rings. The van der Waals surface area contributed by atoms with Crippen LogP contribution in [0.5, 0.6) is 0 Å². The molecule has 1 atom stereocenters. The van der Waals surface area contributed by atoms with Crippen molar-refractivity contribution in [2.45, 2.75) is 25.8 Å². The van der Waals surface area contributed by atoms with Crippen LogP contribution < -0.4 is 11.3 Å². The van der Waals surface area contributed by atoms with E-state index in [0.717, 1.165) is 11.3 Å². The molecule has 0 spiro atoms. The van der Waals surface area contributed by atoms with Crippen LogP contribution >= 0.6 is 0 Å². The molecular formula is C14H20N4. The van der Waals surface area contributed by atoms with Gasteiger partial charge in [-0.25, -0.2) is 10.4 Å². The monoisotopic (exact) mass is 244 g/mol. The molecule has 2 rings (SSSR count). The van der Waals surface area contributed by atoms with Crippen molar-refractivity contribution >= 4 is 0 Å². The van der Waals surface area contributed by atoms with Crippen molar-refractivity contribution < 1.29 is 0 Å². The van der Waals surface area contributed by atoms with Gasteiger partial charge in [0.25, 0.3) is 0 Å². The molecule has 4 nitrogen and oxygen atoms in total. The summed E-state index contributed by atoms with van der Waals surface area (Å²) in [6.45, 7) is 4.38. The summed E-state index contributed by atoms with van der Waals surface area (Å²) in [4.78, 5) is 4.13. The molecular weight excluding hydrogens is 224 g/mol. The van der Waals surface area contributed by atoms with E-state index in [1.165, 1.54) is 5.56 Å². The Labute approximate surface area is 108 Å². The van der Waals surface area contributed by atoms with Gasteiger partial charge in [-0.1, -0.05) is 38.1 Å². The molecule has 3 N–H and O–H groups in total. The van der Waals surface area contributed by atoms with Gasteiger partial charge in [0.1, 0.15) is 0 Å². The zero-order chi connectivity index (χ0) is 13.1. The van der Waals surface area contributed by atoms with E-state index in [0.29, 0.717) is 5.92 Å². The fourth-order valence-electron chi connectivity index (χ4n) is 2.07. The van der Waals surface area contributed by atoms with Gasteiger partial charge in [-0.05, 0) is 17.0 Å². The number of nitrogens with one attached hydrogen (secondary N) is 1. The number of aryl methyl sites for hydroxylation is 1. The Morgan fingerprint density at radius 1 is 1.17 bits per heavy atom. The summed E-state index contributed by atoms with van der Waals surface area (Å²) in [5, 5.41) is 0. The average molecular weight is 244 g/mol. The standard InChI is InChI=1S/C14H20N4/c1-10(2)11-4-6-12(7-5-11)14(17-15)13-8-16-9-18(13)3/h4-10,14,17H,15H2,1-3H3. The van der Waals surface area contributed by atoms with Crippen LogP contribution in [0, 0.1) is 0 Å². The molecule has 96 valence electrons. The first-order valence-electron chi connectivity index (χ1n) is 6.15. The molecule has 0 amide bonds. The molecule has 0 saturated heterocycles. The lowest BCUT2D eigenvalue weighted by molar-refractivity contribution is 0.597. The van der Waals surface area contributed by atoms with E-state index < -0.39 is 0 Å². The second-order valence-corrected chi connectivity index (χ2v) is 4.85. The van der Waals surface area contributed by atoms with Crippen LogP contribution in [0.15, 0.2) is 36.8 Å². The van der Waals surface area contributed by atoms with Crippen molar-refractivity contribution in [2.75, 3.05) is 0 Å². The minimum Gasteiger partial charge on any atom is -0.336 e.